The Morgan fingerprint density at radius 1 is 1.28 bits per heavy atom. The average Bonchev–Trinajstić information content (AvgIpc) is 2.39. The summed E-state index contributed by atoms with van der Waals surface area (Å²) in [7, 11) is 5.24. The Morgan fingerprint density at radius 2 is 1.89 bits per heavy atom. The predicted molar refractivity (Wildman–Crippen MR) is 79.4 cm³/mol. The minimum absolute atomic E-state index is 0.730. The van der Waals surface area contributed by atoms with Gasteiger partial charge in [-0.25, -0.2) is 0 Å². The van der Waals surface area contributed by atoms with E-state index < -0.39 is 0 Å². The largest absolute Gasteiger partial charge is 0.493 e. The number of methoxy groups -OCH3 is 2. The third-order valence-electron chi connectivity index (χ3n) is 2.72. The van der Waals surface area contributed by atoms with Crippen molar-refractivity contribution in [3.05, 3.63) is 27.7 Å². The second-order valence-corrected chi connectivity index (χ2v) is 4.77. The lowest BCUT2D eigenvalue weighted by atomic mass is 10.1. The highest BCUT2D eigenvalue weighted by Crippen LogP contribution is 2.34. The molecule has 0 heterocycles. The molecule has 1 aromatic rings. The minimum atomic E-state index is 0.730. The molecule has 0 unspecified atom stereocenters. The molecule has 0 aliphatic heterocycles. The zero-order valence-corrected chi connectivity index (χ0v) is 12.9. The van der Waals surface area contributed by atoms with Crippen molar-refractivity contribution in [2.75, 3.05) is 27.8 Å². The number of ether oxygens (including phenoxy) is 2. The van der Waals surface area contributed by atoms with E-state index in [0.717, 1.165) is 34.5 Å². The highest BCUT2D eigenvalue weighted by molar-refractivity contribution is 9.10. The van der Waals surface area contributed by atoms with Gasteiger partial charge in [-0.1, -0.05) is 34.5 Å². The number of hydrogen-bond acceptors (Lipinski definition) is 3. The van der Waals surface area contributed by atoms with Crippen molar-refractivity contribution >= 4 is 22.0 Å². The Kier molecular flexibility index (Phi) is 6.22. The number of benzene rings is 1. The molecule has 0 atom stereocenters. The van der Waals surface area contributed by atoms with Crippen molar-refractivity contribution < 1.29 is 9.47 Å². The van der Waals surface area contributed by atoms with Gasteiger partial charge in [-0.3, -0.25) is 0 Å². The number of hydrogen-bond donors (Lipinski definition) is 1. The van der Waals surface area contributed by atoms with Crippen LogP contribution in [0.1, 0.15) is 18.9 Å². The molecule has 0 saturated heterocycles. The molecule has 0 fully saturated rings. The molecule has 0 aromatic heterocycles. The molecule has 0 saturated carbocycles. The third kappa shape index (κ3) is 3.75. The van der Waals surface area contributed by atoms with E-state index in [0.29, 0.717) is 0 Å². The van der Waals surface area contributed by atoms with Crippen LogP contribution in [0.5, 0.6) is 11.5 Å². The molecule has 0 spiro atoms. The Bertz CT molecular complexity index is 430. The molecule has 0 amide bonds. The van der Waals surface area contributed by atoms with Gasteiger partial charge in [0.25, 0.3) is 0 Å². The summed E-state index contributed by atoms with van der Waals surface area (Å²) in [6.07, 6.45) is 3.18. The lowest BCUT2D eigenvalue weighted by molar-refractivity contribution is 0.354. The van der Waals surface area contributed by atoms with Crippen LogP contribution >= 0.6 is 15.9 Å². The quantitative estimate of drug-likeness (QED) is 0.872. The fourth-order valence-electron chi connectivity index (χ4n) is 1.71. The maximum atomic E-state index is 5.32. The van der Waals surface area contributed by atoms with Crippen molar-refractivity contribution in [2.45, 2.75) is 13.3 Å². The molecular formula is C14H20BrNO2. The lowest BCUT2D eigenvalue weighted by Gasteiger charge is -2.11. The van der Waals surface area contributed by atoms with Gasteiger partial charge in [-0.05, 0) is 31.2 Å². The molecule has 1 rings (SSSR count). The van der Waals surface area contributed by atoms with E-state index in [-0.39, 0.29) is 0 Å². The van der Waals surface area contributed by atoms with Crippen LogP contribution < -0.4 is 14.8 Å². The molecule has 0 aliphatic carbocycles. The molecule has 0 aliphatic rings. The molecule has 0 radical (unpaired) electrons. The number of rotatable bonds is 6. The normalized spacial score (nSPS) is 11.5. The first-order chi connectivity index (χ1) is 8.65. The van der Waals surface area contributed by atoms with Crippen LogP contribution in [0.25, 0.3) is 6.08 Å². The van der Waals surface area contributed by atoms with Crippen molar-refractivity contribution in [3.63, 3.8) is 0 Å². The summed E-state index contributed by atoms with van der Waals surface area (Å²) in [5.41, 5.74) is 2.44. The van der Waals surface area contributed by atoms with Gasteiger partial charge in [0.05, 0.1) is 14.2 Å². The van der Waals surface area contributed by atoms with Gasteiger partial charge in [0.1, 0.15) is 0 Å². The topological polar surface area (TPSA) is 30.5 Å². The third-order valence-corrected chi connectivity index (χ3v) is 3.41. The van der Waals surface area contributed by atoms with Crippen LogP contribution in [0, 0.1) is 0 Å². The van der Waals surface area contributed by atoms with Crippen LogP contribution in [0.4, 0.5) is 0 Å². The lowest BCUT2D eigenvalue weighted by Crippen LogP contribution is -2.09. The van der Waals surface area contributed by atoms with Crippen molar-refractivity contribution in [1.29, 1.82) is 0 Å². The van der Waals surface area contributed by atoms with Crippen LogP contribution in [-0.2, 0) is 0 Å². The van der Waals surface area contributed by atoms with Gasteiger partial charge in [0, 0.05) is 11.0 Å². The first-order valence-electron chi connectivity index (χ1n) is 5.91. The SMILES string of the molecule is CCC(=Cc1cc(OC)c(OC)cc1Br)CNC. The molecule has 18 heavy (non-hydrogen) atoms. The van der Waals surface area contributed by atoms with E-state index >= 15 is 0 Å². The Balaban J connectivity index is 3.16. The molecule has 1 aromatic carbocycles. The number of likely N-dealkylation sites (N-methyl/N-ethyl adjacent to an activating group) is 1. The van der Waals surface area contributed by atoms with Gasteiger partial charge in [-0.2, -0.15) is 0 Å². The smallest absolute Gasteiger partial charge is 0.161 e. The molecule has 3 nitrogen and oxygen atoms in total. The molecule has 0 bridgehead atoms. The summed E-state index contributed by atoms with van der Waals surface area (Å²) in [6, 6.07) is 3.91. The Morgan fingerprint density at radius 3 is 2.39 bits per heavy atom. The summed E-state index contributed by atoms with van der Waals surface area (Å²) in [6.45, 7) is 3.04. The molecule has 1 N–H and O–H groups in total. The standard InChI is InChI=1S/C14H20BrNO2/c1-5-10(9-16-2)6-11-7-13(17-3)14(18-4)8-12(11)15/h6-8,16H,5,9H2,1-4H3. The van der Waals surface area contributed by atoms with Crippen LogP contribution in [-0.4, -0.2) is 27.8 Å². The zero-order valence-electron chi connectivity index (χ0n) is 11.3. The maximum Gasteiger partial charge on any atom is 0.161 e. The summed E-state index contributed by atoms with van der Waals surface area (Å²) < 4.78 is 11.6. The van der Waals surface area contributed by atoms with Crippen LogP contribution in [0.3, 0.4) is 0 Å². The van der Waals surface area contributed by atoms with E-state index in [1.54, 1.807) is 14.2 Å². The summed E-state index contributed by atoms with van der Waals surface area (Å²) in [5, 5.41) is 3.17. The monoisotopic (exact) mass is 313 g/mol. The Hall–Kier alpha value is -1.00. The molecule has 4 heteroatoms. The fourth-order valence-corrected chi connectivity index (χ4v) is 2.14. The van der Waals surface area contributed by atoms with Gasteiger partial charge >= 0.3 is 0 Å². The van der Waals surface area contributed by atoms with Gasteiger partial charge in [-0.15, -0.1) is 0 Å². The highest BCUT2D eigenvalue weighted by Gasteiger charge is 2.08. The summed E-state index contributed by atoms with van der Waals surface area (Å²) in [5.74, 6) is 1.47. The first-order valence-corrected chi connectivity index (χ1v) is 6.71. The van der Waals surface area contributed by atoms with Gasteiger partial charge in [0.2, 0.25) is 0 Å². The Labute approximate surface area is 117 Å². The van der Waals surface area contributed by atoms with Crippen molar-refractivity contribution in [2.24, 2.45) is 0 Å². The fraction of sp³-hybridized carbons (Fsp3) is 0.429. The number of nitrogens with one attached hydrogen (secondary N) is 1. The van der Waals surface area contributed by atoms with Crippen LogP contribution in [0.2, 0.25) is 0 Å². The van der Waals surface area contributed by atoms with Crippen LogP contribution in [0.15, 0.2) is 22.2 Å². The minimum Gasteiger partial charge on any atom is -0.493 e. The van der Waals surface area contributed by atoms with Crippen molar-refractivity contribution in [1.82, 2.24) is 5.32 Å². The molecular weight excluding hydrogens is 294 g/mol. The predicted octanol–water partition coefficient (Wildman–Crippen LogP) is 3.48. The van der Waals surface area contributed by atoms with E-state index in [1.807, 2.05) is 19.2 Å². The highest BCUT2D eigenvalue weighted by atomic mass is 79.9. The first kappa shape index (κ1) is 15.1. The maximum absolute atomic E-state index is 5.32. The van der Waals surface area contributed by atoms with E-state index in [9.17, 15) is 0 Å². The summed E-state index contributed by atoms with van der Waals surface area (Å²) >= 11 is 3.56. The number of halogens is 1. The van der Waals surface area contributed by atoms with E-state index in [2.05, 4.69) is 34.2 Å². The van der Waals surface area contributed by atoms with E-state index in [1.165, 1.54) is 5.57 Å². The average molecular weight is 314 g/mol. The van der Waals surface area contributed by atoms with Crippen molar-refractivity contribution in [3.8, 4) is 11.5 Å². The van der Waals surface area contributed by atoms with E-state index in [4.69, 9.17) is 9.47 Å². The van der Waals surface area contributed by atoms with Gasteiger partial charge < -0.3 is 14.8 Å². The second kappa shape index (κ2) is 7.44. The molecule has 100 valence electrons. The second-order valence-electron chi connectivity index (χ2n) is 3.92. The summed E-state index contributed by atoms with van der Waals surface area (Å²) in [4.78, 5) is 0. The van der Waals surface area contributed by atoms with Gasteiger partial charge in [0.15, 0.2) is 11.5 Å². The zero-order chi connectivity index (χ0) is 13.5.